The average molecular weight is 263 g/mol. The van der Waals surface area contributed by atoms with E-state index in [2.05, 4.69) is 41.1 Å². The highest BCUT2D eigenvalue weighted by molar-refractivity contribution is 6.76. The van der Waals surface area contributed by atoms with Crippen LogP contribution in [0, 0.1) is 6.92 Å². The molecule has 0 aliphatic rings. The minimum Gasteiger partial charge on any atom is -0.361 e. The van der Waals surface area contributed by atoms with E-state index >= 15 is 0 Å². The fraction of sp³-hybridized carbons (Fsp3) is 0.538. The molecule has 0 aliphatic carbocycles. The van der Waals surface area contributed by atoms with E-state index in [1.54, 1.807) is 12.4 Å². The molecule has 0 spiro atoms. The van der Waals surface area contributed by atoms with E-state index in [-0.39, 0.29) is 0 Å². The van der Waals surface area contributed by atoms with Gasteiger partial charge in [-0.25, -0.2) is 4.98 Å². The molecule has 0 amide bonds. The van der Waals surface area contributed by atoms with Gasteiger partial charge in [0.2, 0.25) is 0 Å². The molecule has 98 valence electrons. The SMILES string of the molecule is Cc1cc2nccnc2n1COCC[Si](C)(C)C. The Morgan fingerprint density at radius 1 is 1.22 bits per heavy atom. The average Bonchev–Trinajstić information content (AvgIpc) is 2.59. The molecule has 2 heterocycles. The van der Waals surface area contributed by atoms with E-state index in [1.165, 1.54) is 6.04 Å². The van der Waals surface area contributed by atoms with E-state index in [4.69, 9.17) is 4.74 Å². The molecule has 4 nitrogen and oxygen atoms in total. The van der Waals surface area contributed by atoms with Crippen LogP contribution < -0.4 is 0 Å². The first kappa shape index (κ1) is 13.2. The molecular formula is C13H21N3OSi. The number of ether oxygens (including phenoxy) is 1. The van der Waals surface area contributed by atoms with E-state index < -0.39 is 8.07 Å². The Hall–Kier alpha value is -1.20. The quantitative estimate of drug-likeness (QED) is 0.615. The third kappa shape index (κ3) is 3.17. The largest absolute Gasteiger partial charge is 0.361 e. The lowest BCUT2D eigenvalue weighted by Crippen LogP contribution is -2.22. The number of hydrogen-bond donors (Lipinski definition) is 0. The third-order valence-corrected chi connectivity index (χ3v) is 4.65. The summed E-state index contributed by atoms with van der Waals surface area (Å²) in [6, 6.07) is 3.24. The standard InChI is InChI=1S/C13H21N3OSi/c1-11-9-12-13(15-6-5-14-12)16(11)10-17-7-8-18(2,3)4/h5-6,9H,7-8,10H2,1-4H3. The van der Waals surface area contributed by atoms with Crippen LogP contribution in [0.25, 0.3) is 11.2 Å². The summed E-state index contributed by atoms with van der Waals surface area (Å²) >= 11 is 0. The van der Waals surface area contributed by atoms with Crippen molar-refractivity contribution in [1.82, 2.24) is 14.5 Å². The molecule has 0 aliphatic heterocycles. The van der Waals surface area contributed by atoms with Gasteiger partial charge in [0.05, 0.1) is 0 Å². The molecule has 5 heteroatoms. The molecule has 0 saturated heterocycles. The van der Waals surface area contributed by atoms with Gasteiger partial charge in [-0.3, -0.25) is 4.98 Å². The monoisotopic (exact) mass is 263 g/mol. The summed E-state index contributed by atoms with van der Waals surface area (Å²) < 4.78 is 7.85. The van der Waals surface area contributed by atoms with Crippen LogP contribution in [-0.4, -0.2) is 29.2 Å². The van der Waals surface area contributed by atoms with Crippen molar-refractivity contribution in [2.45, 2.75) is 39.3 Å². The second-order valence-electron chi connectivity index (χ2n) is 5.83. The Morgan fingerprint density at radius 3 is 2.67 bits per heavy atom. The number of aryl methyl sites for hydroxylation is 1. The minimum absolute atomic E-state index is 0.568. The van der Waals surface area contributed by atoms with Crippen LogP contribution >= 0.6 is 0 Å². The number of nitrogens with zero attached hydrogens (tertiary/aromatic N) is 3. The van der Waals surface area contributed by atoms with Crippen molar-refractivity contribution in [1.29, 1.82) is 0 Å². The zero-order valence-electron chi connectivity index (χ0n) is 11.6. The molecule has 0 atom stereocenters. The molecule has 0 saturated carbocycles. The number of hydrogen-bond acceptors (Lipinski definition) is 3. The molecule has 0 bridgehead atoms. The third-order valence-electron chi connectivity index (χ3n) is 2.95. The predicted octanol–water partition coefficient (Wildman–Crippen LogP) is 3.05. The number of fused-ring (bicyclic) bond motifs is 1. The van der Waals surface area contributed by atoms with Crippen LogP contribution in [0.5, 0.6) is 0 Å². The molecule has 0 fully saturated rings. The summed E-state index contributed by atoms with van der Waals surface area (Å²) in [5, 5.41) is 0. The van der Waals surface area contributed by atoms with Gasteiger partial charge in [0.1, 0.15) is 12.2 Å². The molecular weight excluding hydrogens is 242 g/mol. The lowest BCUT2D eigenvalue weighted by atomic mass is 10.4. The molecule has 2 rings (SSSR count). The summed E-state index contributed by atoms with van der Waals surface area (Å²) in [4.78, 5) is 8.66. The highest BCUT2D eigenvalue weighted by Gasteiger charge is 2.12. The van der Waals surface area contributed by atoms with Crippen LogP contribution in [0.3, 0.4) is 0 Å². The maximum Gasteiger partial charge on any atom is 0.160 e. The van der Waals surface area contributed by atoms with Gasteiger partial charge in [-0.05, 0) is 19.0 Å². The van der Waals surface area contributed by atoms with Crippen molar-refractivity contribution in [3.63, 3.8) is 0 Å². The van der Waals surface area contributed by atoms with Gasteiger partial charge in [0.25, 0.3) is 0 Å². The Kier molecular flexibility index (Phi) is 3.82. The summed E-state index contributed by atoms with van der Waals surface area (Å²) in [5.74, 6) is 0. The van der Waals surface area contributed by atoms with Crippen LogP contribution in [0.4, 0.5) is 0 Å². The molecule has 0 radical (unpaired) electrons. The van der Waals surface area contributed by atoms with Gasteiger partial charge in [-0.15, -0.1) is 0 Å². The zero-order chi connectivity index (χ0) is 13.2. The van der Waals surface area contributed by atoms with E-state index in [1.807, 2.05) is 6.07 Å². The van der Waals surface area contributed by atoms with Crippen molar-refractivity contribution in [2.24, 2.45) is 0 Å². The number of rotatable bonds is 5. The lowest BCUT2D eigenvalue weighted by Gasteiger charge is -2.16. The minimum atomic E-state index is -1.01. The van der Waals surface area contributed by atoms with Crippen molar-refractivity contribution in [3.8, 4) is 0 Å². The van der Waals surface area contributed by atoms with Gasteiger partial charge in [-0.1, -0.05) is 19.6 Å². The van der Waals surface area contributed by atoms with Crippen LogP contribution in [-0.2, 0) is 11.5 Å². The Bertz CT molecular complexity index is 531. The fourth-order valence-corrected chi connectivity index (χ4v) is 2.55. The molecule has 0 unspecified atom stereocenters. The van der Waals surface area contributed by atoms with Crippen molar-refractivity contribution >= 4 is 19.2 Å². The highest BCUT2D eigenvalue weighted by atomic mass is 28.3. The van der Waals surface area contributed by atoms with Gasteiger partial charge in [0, 0.05) is 32.8 Å². The van der Waals surface area contributed by atoms with Crippen molar-refractivity contribution < 1.29 is 4.74 Å². The smallest absolute Gasteiger partial charge is 0.160 e. The van der Waals surface area contributed by atoms with Crippen LogP contribution in [0.15, 0.2) is 18.5 Å². The van der Waals surface area contributed by atoms with E-state index in [9.17, 15) is 0 Å². The normalized spacial score (nSPS) is 12.2. The number of aromatic nitrogens is 3. The summed E-state index contributed by atoms with van der Waals surface area (Å²) in [6.45, 7) is 10.5. The second kappa shape index (κ2) is 5.20. The van der Waals surface area contributed by atoms with Gasteiger partial charge >= 0.3 is 0 Å². The highest BCUT2D eigenvalue weighted by Crippen LogP contribution is 2.15. The van der Waals surface area contributed by atoms with Gasteiger partial charge in [-0.2, -0.15) is 0 Å². The Morgan fingerprint density at radius 2 is 1.94 bits per heavy atom. The first-order valence-electron chi connectivity index (χ1n) is 6.32. The topological polar surface area (TPSA) is 39.9 Å². The molecule has 0 aromatic carbocycles. The van der Waals surface area contributed by atoms with Crippen LogP contribution in [0.2, 0.25) is 25.7 Å². The maximum atomic E-state index is 5.77. The molecule has 2 aromatic rings. The molecule has 0 N–H and O–H groups in total. The van der Waals surface area contributed by atoms with Gasteiger partial charge < -0.3 is 9.30 Å². The maximum absolute atomic E-state index is 5.77. The summed E-state index contributed by atoms with van der Waals surface area (Å²) in [5.41, 5.74) is 2.98. The zero-order valence-corrected chi connectivity index (χ0v) is 12.6. The first-order valence-corrected chi connectivity index (χ1v) is 10.0. The van der Waals surface area contributed by atoms with Crippen LogP contribution in [0.1, 0.15) is 5.69 Å². The molecule has 18 heavy (non-hydrogen) atoms. The Balaban J connectivity index is 2.01. The van der Waals surface area contributed by atoms with Gasteiger partial charge in [0.15, 0.2) is 5.65 Å². The van der Waals surface area contributed by atoms with E-state index in [0.29, 0.717) is 6.73 Å². The second-order valence-corrected chi connectivity index (χ2v) is 11.4. The first-order chi connectivity index (χ1) is 8.47. The lowest BCUT2D eigenvalue weighted by molar-refractivity contribution is 0.0886. The van der Waals surface area contributed by atoms with Crippen molar-refractivity contribution in [3.05, 3.63) is 24.2 Å². The predicted molar refractivity (Wildman–Crippen MR) is 76.4 cm³/mol. The fourth-order valence-electron chi connectivity index (χ4n) is 1.79. The molecule has 2 aromatic heterocycles. The van der Waals surface area contributed by atoms with Crippen molar-refractivity contribution in [2.75, 3.05) is 6.61 Å². The van der Waals surface area contributed by atoms with E-state index in [0.717, 1.165) is 23.5 Å². The summed E-state index contributed by atoms with van der Waals surface area (Å²) in [7, 11) is -1.01. The Labute approximate surface area is 109 Å². The summed E-state index contributed by atoms with van der Waals surface area (Å²) in [6.07, 6.45) is 3.44.